The molecule has 0 bridgehead atoms. The van der Waals surface area contributed by atoms with Gasteiger partial charge in [0.15, 0.2) is 0 Å². The molecule has 0 spiro atoms. The van der Waals surface area contributed by atoms with Gasteiger partial charge in [-0.15, -0.1) is 0 Å². The molecule has 0 saturated heterocycles. The number of esters is 2. The van der Waals surface area contributed by atoms with Gasteiger partial charge in [0.05, 0.1) is 0 Å². The normalized spacial score (nSPS) is 7.73. The summed E-state index contributed by atoms with van der Waals surface area (Å²) in [5, 5.41) is 0. The number of ketones is 1. The zero-order valence-corrected chi connectivity index (χ0v) is 7.76. The maximum atomic E-state index is 10.4. The summed E-state index contributed by atoms with van der Waals surface area (Å²) in [6.07, 6.45) is 0. The third-order valence-corrected chi connectivity index (χ3v) is 1.24. The van der Waals surface area contributed by atoms with E-state index in [4.69, 9.17) is 0 Å². The topological polar surface area (TPSA) is 91.9 Å². The fourth-order valence-electron chi connectivity index (χ4n) is 0.246. The Bertz CT molecular complexity index is 176. The third kappa shape index (κ3) is 5.88. The van der Waals surface area contributed by atoms with Crippen LogP contribution in [0.4, 0.5) is 0 Å². The molecule has 0 amide bonds. The summed E-state index contributed by atoms with van der Waals surface area (Å²) in [6, 6.07) is 0. The van der Waals surface area contributed by atoms with E-state index in [1.54, 1.807) is 0 Å². The molecule has 0 aliphatic heterocycles. The number of Topliss-reactive ketones (excluding diaryl/α,β-unsaturated/α-hetero) is 1. The Morgan fingerprint density at radius 2 is 1.82 bits per heavy atom. The van der Waals surface area contributed by atoms with Crippen molar-refractivity contribution in [3.05, 3.63) is 0 Å². The number of carbonyl (C=O) groups is 3. The van der Waals surface area contributed by atoms with Gasteiger partial charge in [-0.05, 0) is 0 Å². The predicted molar refractivity (Wildman–Crippen MR) is 30.2 cm³/mol. The summed E-state index contributed by atoms with van der Waals surface area (Å²) in [6.45, 7) is 1.07. The molecule has 0 aromatic heterocycles. The minimum Gasteiger partial charge on any atom is -0.412 e. The van der Waals surface area contributed by atoms with Crippen LogP contribution in [0.1, 0.15) is 6.92 Å². The van der Waals surface area contributed by atoms with Crippen LogP contribution in [0.2, 0.25) is 4.81 Å². The quantitative estimate of drug-likeness (QED) is 0.263. The van der Waals surface area contributed by atoms with E-state index in [1.807, 2.05) is 0 Å². The molecule has 0 aromatic rings. The van der Waals surface area contributed by atoms with Gasteiger partial charge in [-0.3, -0.25) is 0 Å². The minimum absolute atomic E-state index is 0. The summed E-state index contributed by atoms with van der Waals surface area (Å²) in [5.74, 6) is -2.51. The van der Waals surface area contributed by atoms with Crippen LogP contribution in [0.5, 0.6) is 0 Å². The van der Waals surface area contributed by atoms with Gasteiger partial charge in [0.1, 0.15) is 0 Å². The Hall–Kier alpha value is -0.542. The average Bonchev–Trinajstić information content (AvgIpc) is 1.85. The first-order chi connectivity index (χ1) is 4.57. The largest absolute Gasteiger partial charge is 0.412 e. The number of rotatable bonds is 2. The smallest absolute Gasteiger partial charge is 0.412 e. The first kappa shape index (κ1) is 13.1. The molecule has 0 heterocycles. The first-order valence-electron chi connectivity index (χ1n) is 2.41. The molecular formula is C5H7MoO5. The molecule has 0 unspecified atom stereocenters. The van der Waals surface area contributed by atoms with E-state index in [1.165, 1.54) is 19.8 Å². The van der Waals surface area contributed by atoms with Crippen LogP contribution in [0, 0.1) is 0 Å². The van der Waals surface area contributed by atoms with Crippen molar-refractivity contribution >= 4 is 17.7 Å². The van der Waals surface area contributed by atoms with Gasteiger partial charge in [0.25, 0.3) is 0 Å². The van der Waals surface area contributed by atoms with E-state index in [-0.39, 0.29) is 10.3 Å². The predicted octanol–water partition coefficient (Wildman–Crippen LogP) is -1.21. The van der Waals surface area contributed by atoms with Crippen molar-refractivity contribution < 1.29 is 44.4 Å². The van der Waals surface area contributed by atoms with Crippen molar-refractivity contribution in [1.29, 1.82) is 0 Å². The summed E-state index contributed by atoms with van der Waals surface area (Å²) >= 11 is 1.45. The number of hydrogen-bond donors (Lipinski definition) is 0. The molecule has 0 aliphatic rings. The van der Waals surface area contributed by atoms with Crippen molar-refractivity contribution in [1.82, 2.24) is 0 Å². The van der Waals surface area contributed by atoms with Gasteiger partial charge in [0.2, 0.25) is 0 Å². The first-order valence-corrected chi connectivity index (χ1v) is 3.83. The molecule has 0 aromatic carbocycles. The van der Waals surface area contributed by atoms with Crippen molar-refractivity contribution in [2.24, 2.45) is 0 Å². The summed E-state index contributed by atoms with van der Waals surface area (Å²) in [7, 11) is 0. The second kappa shape index (κ2) is 6.19. The summed E-state index contributed by atoms with van der Waals surface area (Å²) in [4.78, 5) is 31.0. The Morgan fingerprint density at radius 3 is 2.09 bits per heavy atom. The maximum Gasteiger partial charge on any atom is -0.412 e. The number of ether oxygens (including phenoxy) is 1. The molecule has 2 N–H and O–H groups in total. The molecule has 0 saturated carbocycles. The number of carbonyl (C=O) groups excluding carboxylic acids is 3. The van der Waals surface area contributed by atoms with E-state index >= 15 is 0 Å². The second-order valence-electron chi connectivity index (χ2n) is 1.45. The molecular weight excluding hydrogens is 236 g/mol. The van der Waals surface area contributed by atoms with Gasteiger partial charge >= 0.3 is 68.4 Å². The molecule has 5 nitrogen and oxygen atoms in total. The van der Waals surface area contributed by atoms with Crippen LogP contribution < -0.4 is 0 Å². The van der Waals surface area contributed by atoms with Gasteiger partial charge in [-0.1, -0.05) is 0 Å². The van der Waals surface area contributed by atoms with E-state index in [0.717, 1.165) is 6.92 Å². The van der Waals surface area contributed by atoms with Crippen molar-refractivity contribution in [2.75, 3.05) is 0 Å². The fourth-order valence-corrected chi connectivity index (χ4v) is 0.536. The van der Waals surface area contributed by atoms with Gasteiger partial charge in [-0.2, -0.15) is 0 Å². The Kier molecular flexibility index (Phi) is 7.36. The Balaban J connectivity index is 0. The average molecular weight is 243 g/mol. The molecule has 6 heteroatoms. The molecule has 11 heavy (non-hydrogen) atoms. The molecule has 0 rings (SSSR count). The van der Waals surface area contributed by atoms with Crippen molar-refractivity contribution in [3.63, 3.8) is 0 Å². The van der Waals surface area contributed by atoms with Crippen LogP contribution in [0.25, 0.3) is 0 Å². The Morgan fingerprint density at radius 1 is 1.36 bits per heavy atom. The fraction of sp³-hybridized carbons (Fsp3) is 0.400. The monoisotopic (exact) mass is 245 g/mol. The molecule has 0 atom stereocenters. The molecule has 0 fully saturated rings. The van der Waals surface area contributed by atoms with E-state index in [0.29, 0.717) is 0 Å². The van der Waals surface area contributed by atoms with Crippen LogP contribution in [-0.2, 0) is 38.9 Å². The van der Waals surface area contributed by atoms with E-state index in [9.17, 15) is 14.4 Å². The maximum absolute atomic E-state index is 10.4. The van der Waals surface area contributed by atoms with Crippen LogP contribution in [0.3, 0.4) is 0 Å². The van der Waals surface area contributed by atoms with Gasteiger partial charge in [0, 0.05) is 0 Å². The minimum atomic E-state index is -1.07. The molecule has 0 aliphatic carbocycles. The standard InChI is InChI=1S/C5H5O4.Mo.H2O/c1-3(6)5(8)9-4(2)7;;/h1H2,2H3;;1H2. The molecule has 63 valence electrons. The zero-order chi connectivity index (χ0) is 8.15. The summed E-state index contributed by atoms with van der Waals surface area (Å²) < 4.78 is 3.98. The van der Waals surface area contributed by atoms with E-state index in [2.05, 4.69) is 4.74 Å². The third-order valence-electron chi connectivity index (χ3n) is 0.595. The molecule has 0 radical (unpaired) electrons. The zero-order valence-electron chi connectivity index (χ0n) is 5.75. The number of hydrogen-bond acceptors (Lipinski definition) is 4. The van der Waals surface area contributed by atoms with Crippen molar-refractivity contribution in [3.8, 4) is 0 Å². The summed E-state index contributed by atoms with van der Waals surface area (Å²) in [5.41, 5.74) is 0. The van der Waals surface area contributed by atoms with Gasteiger partial charge in [-0.25, -0.2) is 0 Å². The van der Waals surface area contributed by atoms with Crippen LogP contribution in [-0.4, -0.2) is 23.2 Å². The van der Waals surface area contributed by atoms with Crippen LogP contribution in [0.15, 0.2) is 0 Å². The van der Waals surface area contributed by atoms with E-state index < -0.39 is 17.7 Å². The SMILES string of the molecule is CC(=O)OC(=O)C(=O)[CH2][Mo].O. The Labute approximate surface area is 74.3 Å². The van der Waals surface area contributed by atoms with Gasteiger partial charge < -0.3 is 5.48 Å². The second-order valence-corrected chi connectivity index (χ2v) is 2.16. The van der Waals surface area contributed by atoms with Crippen molar-refractivity contribution in [2.45, 2.75) is 11.7 Å². The van der Waals surface area contributed by atoms with Crippen LogP contribution >= 0.6 is 0 Å².